The summed E-state index contributed by atoms with van der Waals surface area (Å²) in [7, 11) is 0. The lowest BCUT2D eigenvalue weighted by atomic mass is 10.4. The van der Waals surface area contributed by atoms with Gasteiger partial charge in [0.15, 0.2) is 5.82 Å². The van der Waals surface area contributed by atoms with Crippen LogP contribution in [0.3, 0.4) is 0 Å². The van der Waals surface area contributed by atoms with Crippen molar-refractivity contribution in [3.63, 3.8) is 0 Å². The van der Waals surface area contributed by atoms with Crippen molar-refractivity contribution < 1.29 is 9.32 Å². The summed E-state index contributed by atoms with van der Waals surface area (Å²) in [6.45, 7) is 3.33. The van der Waals surface area contributed by atoms with Gasteiger partial charge in [-0.1, -0.05) is 5.16 Å². The molecule has 0 unspecified atom stereocenters. The highest BCUT2D eigenvalue weighted by molar-refractivity contribution is 5.52. The lowest BCUT2D eigenvalue weighted by Crippen LogP contribution is -2.22. The molecule has 1 aromatic rings. The van der Waals surface area contributed by atoms with Gasteiger partial charge in [0, 0.05) is 13.0 Å². The molecule has 5 heteroatoms. The normalized spacial score (nSPS) is 17.1. The van der Waals surface area contributed by atoms with E-state index in [1.54, 1.807) is 0 Å². The highest BCUT2D eigenvalue weighted by Crippen LogP contribution is 2.08. The summed E-state index contributed by atoms with van der Waals surface area (Å²) in [5, 5.41) is 3.72. The van der Waals surface area contributed by atoms with E-state index in [0.29, 0.717) is 11.7 Å². The molecule has 1 saturated heterocycles. The van der Waals surface area contributed by atoms with Gasteiger partial charge in [0.05, 0.1) is 6.42 Å². The van der Waals surface area contributed by atoms with Gasteiger partial charge in [0.1, 0.15) is 6.29 Å². The lowest BCUT2D eigenvalue weighted by molar-refractivity contribution is -0.107. The fourth-order valence-electron chi connectivity index (χ4n) is 1.81. The molecule has 1 aliphatic heterocycles. The third-order valence-corrected chi connectivity index (χ3v) is 2.62. The highest BCUT2D eigenvalue weighted by atomic mass is 16.5. The zero-order chi connectivity index (χ0) is 10.5. The van der Waals surface area contributed by atoms with Crippen LogP contribution in [-0.2, 0) is 17.6 Å². The molecule has 82 valence electrons. The summed E-state index contributed by atoms with van der Waals surface area (Å²) >= 11 is 0. The quantitative estimate of drug-likeness (QED) is 0.659. The molecule has 1 fully saturated rings. The van der Waals surface area contributed by atoms with Crippen LogP contribution in [0.1, 0.15) is 24.6 Å². The van der Waals surface area contributed by atoms with Crippen LogP contribution in [-0.4, -0.2) is 41.0 Å². The molecule has 0 bridgehead atoms. The molecule has 0 aliphatic carbocycles. The average molecular weight is 209 g/mol. The van der Waals surface area contributed by atoms with Crippen molar-refractivity contribution in [2.45, 2.75) is 25.7 Å². The van der Waals surface area contributed by atoms with E-state index in [9.17, 15) is 4.79 Å². The Hall–Kier alpha value is -1.23. The molecule has 0 radical (unpaired) electrons. The van der Waals surface area contributed by atoms with Gasteiger partial charge in [-0.25, -0.2) is 0 Å². The molecule has 0 saturated carbocycles. The van der Waals surface area contributed by atoms with Crippen molar-refractivity contribution in [1.82, 2.24) is 15.0 Å². The van der Waals surface area contributed by atoms with E-state index in [0.717, 1.165) is 19.3 Å². The molecular formula is C10H15N3O2. The zero-order valence-corrected chi connectivity index (χ0v) is 8.69. The minimum atomic E-state index is 0.243. The van der Waals surface area contributed by atoms with Gasteiger partial charge >= 0.3 is 0 Å². The number of carbonyl (C=O) groups is 1. The molecule has 0 aromatic carbocycles. The number of rotatable bonds is 5. The van der Waals surface area contributed by atoms with Crippen molar-refractivity contribution >= 4 is 6.29 Å². The van der Waals surface area contributed by atoms with Gasteiger partial charge in [-0.15, -0.1) is 0 Å². The van der Waals surface area contributed by atoms with Crippen molar-refractivity contribution in [2.24, 2.45) is 0 Å². The number of aldehydes is 1. The van der Waals surface area contributed by atoms with Crippen LogP contribution in [0.4, 0.5) is 0 Å². The maximum absolute atomic E-state index is 10.2. The zero-order valence-electron chi connectivity index (χ0n) is 8.69. The van der Waals surface area contributed by atoms with Crippen LogP contribution < -0.4 is 0 Å². The summed E-state index contributed by atoms with van der Waals surface area (Å²) in [5.41, 5.74) is 0. The summed E-state index contributed by atoms with van der Waals surface area (Å²) in [6.07, 6.45) is 4.40. The number of nitrogens with zero attached hydrogens (tertiary/aromatic N) is 3. The van der Waals surface area contributed by atoms with E-state index < -0.39 is 0 Å². The Morgan fingerprint density at radius 3 is 2.93 bits per heavy atom. The minimum absolute atomic E-state index is 0.243. The van der Waals surface area contributed by atoms with Gasteiger partial charge in [0.2, 0.25) is 5.89 Å². The van der Waals surface area contributed by atoms with E-state index in [1.165, 1.54) is 25.9 Å². The molecule has 5 nitrogen and oxygen atoms in total. The second-order valence-electron chi connectivity index (χ2n) is 3.77. The summed E-state index contributed by atoms with van der Waals surface area (Å²) in [5.74, 6) is 1.13. The predicted octanol–water partition coefficient (Wildman–Crippen LogP) is 0.449. The van der Waals surface area contributed by atoms with Crippen LogP contribution in [0, 0.1) is 0 Å². The minimum Gasteiger partial charge on any atom is -0.339 e. The third kappa shape index (κ3) is 2.86. The van der Waals surface area contributed by atoms with Crippen molar-refractivity contribution in [2.75, 3.05) is 19.6 Å². The van der Waals surface area contributed by atoms with Crippen molar-refractivity contribution in [3.8, 4) is 0 Å². The van der Waals surface area contributed by atoms with E-state index in [-0.39, 0.29) is 6.42 Å². The number of hydrogen-bond donors (Lipinski definition) is 0. The first-order chi connectivity index (χ1) is 7.38. The Kier molecular flexibility index (Phi) is 3.45. The maximum atomic E-state index is 10.2. The fraction of sp³-hybridized carbons (Fsp3) is 0.700. The Bertz CT molecular complexity index is 318. The van der Waals surface area contributed by atoms with E-state index in [4.69, 9.17) is 4.52 Å². The first kappa shape index (κ1) is 10.3. The topological polar surface area (TPSA) is 59.2 Å². The summed E-state index contributed by atoms with van der Waals surface area (Å²) in [6, 6.07) is 0. The molecule has 0 atom stereocenters. The molecule has 0 spiro atoms. The monoisotopic (exact) mass is 209 g/mol. The molecule has 0 N–H and O–H groups in total. The van der Waals surface area contributed by atoms with Gasteiger partial charge < -0.3 is 14.2 Å². The molecule has 0 amide bonds. The van der Waals surface area contributed by atoms with E-state index in [2.05, 4.69) is 15.0 Å². The number of likely N-dealkylation sites (tertiary alicyclic amines) is 1. The molecule has 2 heterocycles. The van der Waals surface area contributed by atoms with E-state index in [1.807, 2.05) is 0 Å². The molecule has 1 aliphatic rings. The predicted molar refractivity (Wildman–Crippen MR) is 53.4 cm³/mol. The lowest BCUT2D eigenvalue weighted by Gasteiger charge is -2.11. The van der Waals surface area contributed by atoms with Gasteiger partial charge in [0.25, 0.3) is 0 Å². The fourth-order valence-corrected chi connectivity index (χ4v) is 1.81. The largest absolute Gasteiger partial charge is 0.339 e. The van der Waals surface area contributed by atoms with Crippen LogP contribution in [0.15, 0.2) is 4.52 Å². The standard InChI is InChI=1S/C10H15N3O2/c14-8-4-9-11-10(15-12-9)3-7-13-5-1-2-6-13/h8H,1-7H2. The Morgan fingerprint density at radius 2 is 2.20 bits per heavy atom. The maximum Gasteiger partial charge on any atom is 0.227 e. The van der Waals surface area contributed by atoms with Crippen LogP contribution >= 0.6 is 0 Å². The van der Waals surface area contributed by atoms with Crippen molar-refractivity contribution in [1.29, 1.82) is 0 Å². The first-order valence-corrected chi connectivity index (χ1v) is 5.36. The van der Waals surface area contributed by atoms with Gasteiger partial charge in [-0.05, 0) is 25.9 Å². The first-order valence-electron chi connectivity index (χ1n) is 5.36. The van der Waals surface area contributed by atoms with Crippen LogP contribution in [0.25, 0.3) is 0 Å². The SMILES string of the molecule is O=CCc1noc(CCN2CCCC2)n1. The Balaban J connectivity index is 1.79. The van der Waals surface area contributed by atoms with Crippen molar-refractivity contribution in [3.05, 3.63) is 11.7 Å². The Labute approximate surface area is 88.5 Å². The number of aromatic nitrogens is 2. The smallest absolute Gasteiger partial charge is 0.227 e. The second kappa shape index (κ2) is 5.02. The average Bonchev–Trinajstić information content (AvgIpc) is 2.85. The second-order valence-corrected chi connectivity index (χ2v) is 3.77. The van der Waals surface area contributed by atoms with Gasteiger partial charge in [-0.2, -0.15) is 4.98 Å². The number of carbonyl (C=O) groups excluding carboxylic acids is 1. The third-order valence-electron chi connectivity index (χ3n) is 2.62. The highest BCUT2D eigenvalue weighted by Gasteiger charge is 2.13. The van der Waals surface area contributed by atoms with Crippen LogP contribution in [0.2, 0.25) is 0 Å². The summed E-state index contributed by atoms with van der Waals surface area (Å²) in [4.78, 5) is 16.7. The van der Waals surface area contributed by atoms with Gasteiger partial charge in [-0.3, -0.25) is 0 Å². The van der Waals surface area contributed by atoms with Crippen LogP contribution in [0.5, 0.6) is 0 Å². The molecule has 2 rings (SSSR count). The Morgan fingerprint density at radius 1 is 1.40 bits per heavy atom. The molecular weight excluding hydrogens is 194 g/mol. The number of hydrogen-bond acceptors (Lipinski definition) is 5. The summed E-state index contributed by atoms with van der Waals surface area (Å²) < 4.78 is 5.03. The molecule has 15 heavy (non-hydrogen) atoms. The molecule has 1 aromatic heterocycles. The van der Waals surface area contributed by atoms with E-state index >= 15 is 0 Å².